The van der Waals surface area contributed by atoms with Gasteiger partial charge < -0.3 is 20.4 Å². The zero-order valence-electron chi connectivity index (χ0n) is 9.75. The van der Waals surface area contributed by atoms with E-state index in [1.807, 2.05) is 0 Å². The SMILES string of the molecule is CNC(=O)c1c(N)oc(C)c1C(=O)N(C)C. The molecule has 0 fully saturated rings. The van der Waals surface area contributed by atoms with Crippen LogP contribution in [-0.2, 0) is 0 Å². The molecule has 0 unspecified atom stereocenters. The average Bonchev–Trinajstić information content (AvgIpc) is 2.51. The molecule has 0 bridgehead atoms. The van der Waals surface area contributed by atoms with Crippen molar-refractivity contribution >= 4 is 17.7 Å². The summed E-state index contributed by atoms with van der Waals surface area (Å²) in [4.78, 5) is 24.8. The first-order chi connectivity index (χ1) is 7.40. The lowest BCUT2D eigenvalue weighted by Crippen LogP contribution is -2.27. The van der Waals surface area contributed by atoms with Crippen molar-refractivity contribution in [3.05, 3.63) is 16.9 Å². The Morgan fingerprint density at radius 1 is 1.31 bits per heavy atom. The Balaban J connectivity index is 3.37. The van der Waals surface area contributed by atoms with E-state index >= 15 is 0 Å². The van der Waals surface area contributed by atoms with Gasteiger partial charge in [-0.15, -0.1) is 0 Å². The van der Waals surface area contributed by atoms with E-state index in [0.29, 0.717) is 5.76 Å². The van der Waals surface area contributed by atoms with Crippen LogP contribution in [0, 0.1) is 6.92 Å². The normalized spacial score (nSPS) is 10.0. The first-order valence-corrected chi connectivity index (χ1v) is 4.72. The highest BCUT2D eigenvalue weighted by Crippen LogP contribution is 2.25. The van der Waals surface area contributed by atoms with E-state index in [1.165, 1.54) is 11.9 Å². The van der Waals surface area contributed by atoms with Crippen molar-refractivity contribution in [2.45, 2.75) is 6.92 Å². The lowest BCUT2D eigenvalue weighted by molar-refractivity contribution is 0.0818. The van der Waals surface area contributed by atoms with Crippen LogP contribution in [0.1, 0.15) is 26.5 Å². The van der Waals surface area contributed by atoms with Gasteiger partial charge in [0.15, 0.2) is 0 Å². The van der Waals surface area contributed by atoms with E-state index in [2.05, 4.69) is 5.32 Å². The number of carbonyl (C=O) groups excluding carboxylic acids is 2. The molecule has 6 nitrogen and oxygen atoms in total. The predicted octanol–water partition coefficient (Wildman–Crippen LogP) is 0.232. The van der Waals surface area contributed by atoms with Gasteiger partial charge in [0.2, 0.25) is 5.88 Å². The molecule has 1 aromatic heterocycles. The van der Waals surface area contributed by atoms with Gasteiger partial charge in [0.25, 0.3) is 11.8 Å². The van der Waals surface area contributed by atoms with Gasteiger partial charge >= 0.3 is 0 Å². The summed E-state index contributed by atoms with van der Waals surface area (Å²) in [7, 11) is 4.66. The van der Waals surface area contributed by atoms with E-state index < -0.39 is 5.91 Å². The lowest BCUT2D eigenvalue weighted by atomic mass is 10.1. The molecule has 0 saturated heterocycles. The molecular weight excluding hydrogens is 210 g/mol. The number of rotatable bonds is 2. The van der Waals surface area contributed by atoms with Crippen LogP contribution >= 0.6 is 0 Å². The second-order valence-electron chi connectivity index (χ2n) is 3.55. The molecule has 1 heterocycles. The maximum absolute atomic E-state index is 11.9. The fourth-order valence-corrected chi connectivity index (χ4v) is 1.40. The molecule has 0 saturated carbocycles. The monoisotopic (exact) mass is 225 g/mol. The summed E-state index contributed by atoms with van der Waals surface area (Å²) in [6.45, 7) is 1.60. The third-order valence-corrected chi connectivity index (χ3v) is 2.19. The number of hydrogen-bond acceptors (Lipinski definition) is 4. The van der Waals surface area contributed by atoms with Crippen LogP contribution in [0.5, 0.6) is 0 Å². The molecule has 6 heteroatoms. The quantitative estimate of drug-likeness (QED) is 0.754. The zero-order chi connectivity index (χ0) is 12.5. The van der Waals surface area contributed by atoms with Gasteiger partial charge in [0.1, 0.15) is 11.3 Å². The molecule has 2 amide bonds. The third kappa shape index (κ3) is 1.86. The molecule has 0 aliphatic carbocycles. The number of anilines is 1. The summed E-state index contributed by atoms with van der Waals surface area (Å²) in [5, 5.41) is 2.42. The number of nitrogens with zero attached hydrogens (tertiary/aromatic N) is 1. The molecule has 0 spiro atoms. The summed E-state index contributed by atoms with van der Waals surface area (Å²) in [6, 6.07) is 0. The molecule has 0 aliphatic rings. The zero-order valence-corrected chi connectivity index (χ0v) is 9.75. The number of nitrogens with two attached hydrogens (primary N) is 1. The van der Waals surface area contributed by atoms with Crippen molar-refractivity contribution in [3.63, 3.8) is 0 Å². The lowest BCUT2D eigenvalue weighted by Gasteiger charge is -2.10. The number of nitrogens with one attached hydrogen (secondary N) is 1. The van der Waals surface area contributed by atoms with Gasteiger partial charge in [0, 0.05) is 21.1 Å². The Hall–Kier alpha value is -1.98. The third-order valence-electron chi connectivity index (χ3n) is 2.19. The summed E-state index contributed by atoms with van der Waals surface area (Å²) < 4.78 is 5.11. The minimum atomic E-state index is -0.431. The van der Waals surface area contributed by atoms with E-state index in [-0.39, 0.29) is 22.9 Å². The van der Waals surface area contributed by atoms with E-state index in [1.54, 1.807) is 21.0 Å². The second kappa shape index (κ2) is 4.26. The summed E-state index contributed by atoms with van der Waals surface area (Å²) in [5.41, 5.74) is 5.86. The minimum Gasteiger partial charge on any atom is -0.445 e. The van der Waals surface area contributed by atoms with Crippen LogP contribution in [-0.4, -0.2) is 37.9 Å². The smallest absolute Gasteiger partial charge is 0.257 e. The number of aryl methyl sites for hydroxylation is 1. The fraction of sp³-hybridized carbons (Fsp3) is 0.400. The maximum Gasteiger partial charge on any atom is 0.257 e. The fourth-order valence-electron chi connectivity index (χ4n) is 1.40. The van der Waals surface area contributed by atoms with Crippen molar-refractivity contribution < 1.29 is 14.0 Å². The van der Waals surface area contributed by atoms with Gasteiger partial charge in [-0.05, 0) is 6.92 Å². The molecule has 0 aromatic carbocycles. The van der Waals surface area contributed by atoms with Crippen molar-refractivity contribution in [1.29, 1.82) is 0 Å². The molecular formula is C10H15N3O3. The standard InChI is InChI=1S/C10H15N3O3/c1-5-6(10(15)13(3)4)7(8(11)16-5)9(14)12-2/h11H2,1-4H3,(H,12,14). The maximum atomic E-state index is 11.9. The minimum absolute atomic E-state index is 0.0398. The van der Waals surface area contributed by atoms with Crippen molar-refractivity contribution in [2.75, 3.05) is 26.9 Å². The molecule has 0 aliphatic heterocycles. The van der Waals surface area contributed by atoms with Crippen LogP contribution in [0.2, 0.25) is 0 Å². The molecule has 0 atom stereocenters. The van der Waals surface area contributed by atoms with Crippen LogP contribution < -0.4 is 11.1 Å². The van der Waals surface area contributed by atoms with Gasteiger partial charge in [-0.1, -0.05) is 0 Å². The first-order valence-electron chi connectivity index (χ1n) is 4.72. The van der Waals surface area contributed by atoms with E-state index in [4.69, 9.17) is 10.2 Å². The number of furan rings is 1. The second-order valence-corrected chi connectivity index (χ2v) is 3.55. The Bertz CT molecular complexity index is 435. The summed E-state index contributed by atoms with van der Waals surface area (Å²) in [5.74, 6) is -0.437. The van der Waals surface area contributed by atoms with E-state index in [9.17, 15) is 9.59 Å². The van der Waals surface area contributed by atoms with Crippen LogP contribution in [0.4, 0.5) is 5.88 Å². The van der Waals surface area contributed by atoms with Crippen LogP contribution in [0.25, 0.3) is 0 Å². The molecule has 3 N–H and O–H groups in total. The van der Waals surface area contributed by atoms with Gasteiger partial charge in [-0.25, -0.2) is 0 Å². The highest BCUT2D eigenvalue weighted by Gasteiger charge is 2.27. The predicted molar refractivity (Wildman–Crippen MR) is 59.3 cm³/mol. The highest BCUT2D eigenvalue weighted by molar-refractivity contribution is 6.10. The Morgan fingerprint density at radius 3 is 2.31 bits per heavy atom. The van der Waals surface area contributed by atoms with Crippen LogP contribution in [0.15, 0.2) is 4.42 Å². The Kier molecular flexibility index (Phi) is 3.22. The number of amides is 2. The average molecular weight is 225 g/mol. The van der Waals surface area contributed by atoms with Gasteiger partial charge in [-0.3, -0.25) is 9.59 Å². The molecule has 1 rings (SSSR count). The topological polar surface area (TPSA) is 88.6 Å². The Labute approximate surface area is 93.4 Å². The highest BCUT2D eigenvalue weighted by atomic mass is 16.4. The van der Waals surface area contributed by atoms with E-state index in [0.717, 1.165) is 0 Å². The van der Waals surface area contributed by atoms with Crippen molar-refractivity contribution in [3.8, 4) is 0 Å². The number of hydrogen-bond donors (Lipinski definition) is 2. The van der Waals surface area contributed by atoms with Crippen molar-refractivity contribution in [1.82, 2.24) is 10.2 Å². The first kappa shape index (κ1) is 12.1. The van der Waals surface area contributed by atoms with Crippen LogP contribution in [0.3, 0.4) is 0 Å². The van der Waals surface area contributed by atoms with Gasteiger partial charge in [0.05, 0.1) is 5.56 Å². The largest absolute Gasteiger partial charge is 0.445 e. The number of nitrogen functional groups attached to an aromatic ring is 1. The summed E-state index contributed by atoms with van der Waals surface area (Å²) in [6.07, 6.45) is 0. The molecule has 1 aromatic rings. The molecule has 0 radical (unpaired) electrons. The van der Waals surface area contributed by atoms with Crippen molar-refractivity contribution in [2.24, 2.45) is 0 Å². The number of carbonyl (C=O) groups is 2. The summed E-state index contributed by atoms with van der Waals surface area (Å²) >= 11 is 0. The van der Waals surface area contributed by atoms with Gasteiger partial charge in [-0.2, -0.15) is 0 Å². The Morgan fingerprint density at radius 2 is 1.88 bits per heavy atom. The molecule has 88 valence electrons. The molecule has 16 heavy (non-hydrogen) atoms.